The van der Waals surface area contributed by atoms with E-state index in [2.05, 4.69) is 17.3 Å². The molecule has 0 aliphatic carbocycles. The number of nitrogens with zero attached hydrogens (tertiary/aromatic N) is 3. The van der Waals surface area contributed by atoms with Gasteiger partial charge < -0.3 is 14.6 Å². The molecule has 3 heterocycles. The van der Waals surface area contributed by atoms with Gasteiger partial charge in [-0.2, -0.15) is 5.10 Å². The lowest BCUT2D eigenvalue weighted by molar-refractivity contribution is 0.0669. The number of amides is 1. The number of rotatable bonds is 5. The molecule has 25 heavy (non-hydrogen) atoms. The van der Waals surface area contributed by atoms with Crippen LogP contribution in [0, 0.1) is 13.8 Å². The van der Waals surface area contributed by atoms with Gasteiger partial charge in [0.15, 0.2) is 5.76 Å². The third-order valence-corrected chi connectivity index (χ3v) is 5.32. The molecule has 7 heteroatoms. The smallest absolute Gasteiger partial charge is 0.289 e. The largest absolute Gasteiger partial charge is 0.459 e. The number of piperidine rings is 1. The average Bonchev–Trinajstić information content (AvgIpc) is 3.21. The van der Waals surface area contributed by atoms with E-state index in [1.54, 1.807) is 12.1 Å². The van der Waals surface area contributed by atoms with Crippen molar-refractivity contribution < 1.29 is 9.21 Å². The highest BCUT2D eigenvalue weighted by molar-refractivity contribution is 6.31. The van der Waals surface area contributed by atoms with E-state index in [4.69, 9.17) is 16.0 Å². The normalized spacial score (nSPS) is 17.0. The first-order valence-electron chi connectivity index (χ1n) is 8.74. The molecule has 0 aromatic carbocycles. The highest BCUT2D eigenvalue weighted by atomic mass is 35.5. The fraction of sp³-hybridized carbons (Fsp3) is 0.556. The van der Waals surface area contributed by atoms with Crippen molar-refractivity contribution in [3.8, 4) is 0 Å². The predicted molar refractivity (Wildman–Crippen MR) is 96.9 cm³/mol. The lowest BCUT2D eigenvalue weighted by atomic mass is 10.0. The highest BCUT2D eigenvalue weighted by Gasteiger charge is 2.25. The van der Waals surface area contributed by atoms with Crippen molar-refractivity contribution in [2.24, 2.45) is 0 Å². The number of halogens is 1. The summed E-state index contributed by atoms with van der Waals surface area (Å²) in [4.78, 5) is 14.2. The van der Waals surface area contributed by atoms with Crippen LogP contribution in [0.5, 0.6) is 0 Å². The van der Waals surface area contributed by atoms with Crippen LogP contribution in [-0.2, 0) is 6.54 Å². The summed E-state index contributed by atoms with van der Waals surface area (Å²) in [5, 5.41) is 8.89. The van der Waals surface area contributed by atoms with Gasteiger partial charge in [-0.1, -0.05) is 11.6 Å². The molecule has 6 nitrogen and oxygen atoms in total. The van der Waals surface area contributed by atoms with Crippen LogP contribution in [0.15, 0.2) is 22.8 Å². The fourth-order valence-electron chi connectivity index (χ4n) is 3.37. The van der Waals surface area contributed by atoms with E-state index in [9.17, 15) is 4.79 Å². The van der Waals surface area contributed by atoms with Crippen molar-refractivity contribution in [1.82, 2.24) is 20.0 Å². The molecule has 3 rings (SSSR count). The van der Waals surface area contributed by atoms with Crippen molar-refractivity contribution in [2.45, 2.75) is 52.2 Å². The molecule has 1 aliphatic rings. The van der Waals surface area contributed by atoms with Crippen LogP contribution in [0.25, 0.3) is 0 Å². The summed E-state index contributed by atoms with van der Waals surface area (Å²) in [5.41, 5.74) is 1.88. The molecule has 2 aromatic heterocycles. The monoisotopic (exact) mass is 364 g/mol. The zero-order valence-electron chi connectivity index (χ0n) is 15.0. The van der Waals surface area contributed by atoms with Gasteiger partial charge in [-0.3, -0.25) is 9.48 Å². The second-order valence-electron chi connectivity index (χ2n) is 6.78. The van der Waals surface area contributed by atoms with Gasteiger partial charge in [0.2, 0.25) is 0 Å². The lowest BCUT2D eigenvalue weighted by Gasteiger charge is -2.33. The quantitative estimate of drug-likeness (QED) is 0.885. The molecule has 136 valence electrons. The van der Waals surface area contributed by atoms with Gasteiger partial charge in [0.1, 0.15) is 0 Å². The third kappa shape index (κ3) is 4.07. The summed E-state index contributed by atoms with van der Waals surface area (Å²) in [6.45, 7) is 8.35. The Kier molecular flexibility index (Phi) is 5.49. The van der Waals surface area contributed by atoms with Gasteiger partial charge in [0.25, 0.3) is 5.91 Å². The molecule has 0 saturated carbocycles. The minimum absolute atomic E-state index is 0.0196. The SMILES string of the molecule is Cc1nn(C[C@@H](C)NC2CCN(C(=O)c3ccco3)CC2)c(C)c1Cl. The summed E-state index contributed by atoms with van der Waals surface area (Å²) < 4.78 is 7.16. The van der Waals surface area contributed by atoms with Gasteiger partial charge in [0.05, 0.1) is 29.2 Å². The number of aryl methyl sites for hydroxylation is 1. The number of likely N-dealkylation sites (tertiary alicyclic amines) is 1. The van der Waals surface area contributed by atoms with Gasteiger partial charge in [-0.25, -0.2) is 0 Å². The van der Waals surface area contributed by atoms with Crippen molar-refractivity contribution >= 4 is 17.5 Å². The summed E-state index contributed by atoms with van der Waals surface area (Å²) in [6.07, 6.45) is 3.41. The first-order chi connectivity index (χ1) is 12.0. The first kappa shape index (κ1) is 18.0. The van der Waals surface area contributed by atoms with E-state index in [1.807, 2.05) is 23.4 Å². The van der Waals surface area contributed by atoms with E-state index in [0.29, 0.717) is 11.8 Å². The van der Waals surface area contributed by atoms with E-state index < -0.39 is 0 Å². The van der Waals surface area contributed by atoms with E-state index in [0.717, 1.165) is 48.9 Å². The summed E-state index contributed by atoms with van der Waals surface area (Å²) >= 11 is 6.21. The minimum atomic E-state index is -0.0196. The average molecular weight is 365 g/mol. The molecular formula is C18H25ClN4O2. The molecule has 0 unspecified atom stereocenters. The van der Waals surface area contributed by atoms with E-state index in [-0.39, 0.29) is 11.9 Å². The number of carbonyl (C=O) groups is 1. The minimum Gasteiger partial charge on any atom is -0.459 e. The maximum absolute atomic E-state index is 12.3. The summed E-state index contributed by atoms with van der Waals surface area (Å²) in [6, 6.07) is 4.15. The van der Waals surface area contributed by atoms with Crippen LogP contribution in [0.2, 0.25) is 5.02 Å². The number of furan rings is 1. The van der Waals surface area contributed by atoms with Crippen molar-refractivity contribution in [3.63, 3.8) is 0 Å². The maximum atomic E-state index is 12.3. The van der Waals surface area contributed by atoms with E-state index in [1.165, 1.54) is 6.26 Å². The molecule has 1 atom stereocenters. The maximum Gasteiger partial charge on any atom is 0.289 e. The zero-order valence-corrected chi connectivity index (χ0v) is 15.7. The van der Waals surface area contributed by atoms with Crippen LogP contribution in [-0.4, -0.2) is 45.8 Å². The molecular weight excluding hydrogens is 340 g/mol. The number of nitrogens with one attached hydrogen (secondary N) is 1. The Morgan fingerprint density at radius 1 is 1.44 bits per heavy atom. The number of aromatic nitrogens is 2. The predicted octanol–water partition coefficient (Wildman–Crippen LogP) is 3.03. The molecule has 1 saturated heterocycles. The Morgan fingerprint density at radius 2 is 2.16 bits per heavy atom. The molecule has 0 bridgehead atoms. The van der Waals surface area contributed by atoms with E-state index >= 15 is 0 Å². The molecule has 0 spiro atoms. The standard InChI is InChI=1S/C18H25ClN4O2/c1-12(11-23-14(3)17(19)13(2)21-23)20-15-6-8-22(9-7-15)18(24)16-5-4-10-25-16/h4-5,10,12,15,20H,6-9,11H2,1-3H3/t12-/m1/s1. The molecule has 0 radical (unpaired) electrons. The molecule has 1 aliphatic heterocycles. The molecule has 1 fully saturated rings. The van der Waals surface area contributed by atoms with Crippen LogP contribution in [0.4, 0.5) is 0 Å². The molecule has 2 aromatic rings. The Balaban J connectivity index is 1.48. The Morgan fingerprint density at radius 3 is 2.72 bits per heavy atom. The van der Waals surface area contributed by atoms with Gasteiger partial charge >= 0.3 is 0 Å². The number of hydrogen-bond donors (Lipinski definition) is 1. The van der Waals surface area contributed by atoms with Crippen LogP contribution in [0.3, 0.4) is 0 Å². The van der Waals surface area contributed by atoms with Crippen molar-refractivity contribution in [1.29, 1.82) is 0 Å². The van der Waals surface area contributed by atoms with Crippen LogP contribution >= 0.6 is 11.6 Å². The van der Waals surface area contributed by atoms with Gasteiger partial charge in [-0.05, 0) is 45.7 Å². The zero-order chi connectivity index (χ0) is 18.0. The van der Waals surface area contributed by atoms with Gasteiger partial charge in [0, 0.05) is 25.2 Å². The first-order valence-corrected chi connectivity index (χ1v) is 9.12. The molecule has 1 N–H and O–H groups in total. The number of carbonyl (C=O) groups excluding carboxylic acids is 1. The van der Waals surface area contributed by atoms with Gasteiger partial charge in [-0.15, -0.1) is 0 Å². The Hall–Kier alpha value is -1.79. The second kappa shape index (κ2) is 7.62. The fourth-order valence-corrected chi connectivity index (χ4v) is 3.51. The Bertz CT molecular complexity index is 718. The second-order valence-corrected chi connectivity index (χ2v) is 7.16. The Labute approximate surface area is 153 Å². The lowest BCUT2D eigenvalue weighted by Crippen LogP contribution is -2.48. The molecule has 1 amide bonds. The summed E-state index contributed by atoms with van der Waals surface area (Å²) in [7, 11) is 0. The topological polar surface area (TPSA) is 63.3 Å². The number of hydrogen-bond acceptors (Lipinski definition) is 4. The van der Waals surface area contributed by atoms with Crippen LogP contribution in [0.1, 0.15) is 41.7 Å². The van der Waals surface area contributed by atoms with Crippen molar-refractivity contribution in [2.75, 3.05) is 13.1 Å². The highest BCUT2D eigenvalue weighted by Crippen LogP contribution is 2.19. The van der Waals surface area contributed by atoms with Crippen LogP contribution < -0.4 is 5.32 Å². The van der Waals surface area contributed by atoms with Crippen molar-refractivity contribution in [3.05, 3.63) is 40.6 Å². The third-order valence-electron chi connectivity index (χ3n) is 4.77. The summed E-state index contributed by atoms with van der Waals surface area (Å²) in [5.74, 6) is 0.398.